The van der Waals surface area contributed by atoms with Gasteiger partial charge < -0.3 is 14.2 Å². The van der Waals surface area contributed by atoms with E-state index in [0.29, 0.717) is 0 Å². The van der Waals surface area contributed by atoms with Crippen LogP contribution in [0.4, 0.5) is 17.1 Å². The first-order valence-electron chi connectivity index (χ1n) is 18.1. The number of aromatic nitrogens is 1. The molecule has 0 amide bonds. The Kier molecular flexibility index (Phi) is 6.55. The first kappa shape index (κ1) is 29.6. The molecule has 1 aromatic heterocycles. The minimum absolute atomic E-state index is 0.880. The number of hydrogen-bond donors (Lipinski definition) is 0. The molecule has 0 aliphatic carbocycles. The maximum absolute atomic E-state index is 6.53. The van der Waals surface area contributed by atoms with Gasteiger partial charge in [0.15, 0.2) is 0 Å². The second kappa shape index (κ2) is 11.7. The van der Waals surface area contributed by atoms with Crippen LogP contribution >= 0.6 is 0 Å². The lowest BCUT2D eigenvalue weighted by molar-refractivity contribution is 0.487. The van der Waals surface area contributed by atoms with Crippen LogP contribution in [0.5, 0.6) is 11.5 Å². The van der Waals surface area contributed by atoms with Gasteiger partial charge in [-0.05, 0) is 94.2 Å². The molecule has 1 aliphatic heterocycles. The molecule has 0 saturated heterocycles. The molecule has 53 heavy (non-hydrogen) atoms. The van der Waals surface area contributed by atoms with Crippen molar-refractivity contribution in [3.8, 4) is 39.4 Å². The van der Waals surface area contributed by atoms with E-state index >= 15 is 0 Å². The molecule has 9 aromatic carbocycles. The van der Waals surface area contributed by atoms with Crippen LogP contribution in [0.25, 0.3) is 71.3 Å². The summed E-state index contributed by atoms with van der Waals surface area (Å²) < 4.78 is 8.93. The molecule has 0 unspecified atom stereocenters. The number of nitrogens with zero attached hydrogens (tertiary/aromatic N) is 2. The van der Waals surface area contributed by atoms with Crippen molar-refractivity contribution in [1.29, 1.82) is 0 Å². The normalized spacial score (nSPS) is 11.9. The summed E-state index contributed by atoms with van der Waals surface area (Å²) in [6.45, 7) is 0. The fourth-order valence-corrected chi connectivity index (χ4v) is 8.39. The number of ether oxygens (including phenoxy) is 1. The third kappa shape index (κ3) is 4.61. The predicted octanol–water partition coefficient (Wildman–Crippen LogP) is 14.0. The van der Waals surface area contributed by atoms with Gasteiger partial charge in [0.25, 0.3) is 0 Å². The monoisotopic (exact) mass is 676 g/mol. The molecule has 0 bridgehead atoms. The Bertz CT molecular complexity index is 3020. The minimum Gasteiger partial charge on any atom is -0.456 e. The Morgan fingerprint density at radius 1 is 0.396 bits per heavy atom. The molecule has 11 rings (SSSR count). The second-order valence-electron chi connectivity index (χ2n) is 13.7. The van der Waals surface area contributed by atoms with Gasteiger partial charge in [-0.1, -0.05) is 127 Å². The van der Waals surface area contributed by atoms with E-state index in [9.17, 15) is 0 Å². The van der Waals surface area contributed by atoms with E-state index in [1.54, 1.807) is 0 Å². The van der Waals surface area contributed by atoms with E-state index in [0.717, 1.165) is 50.6 Å². The predicted molar refractivity (Wildman–Crippen MR) is 221 cm³/mol. The topological polar surface area (TPSA) is 17.4 Å². The van der Waals surface area contributed by atoms with Crippen LogP contribution in [0, 0.1) is 0 Å². The van der Waals surface area contributed by atoms with Crippen LogP contribution in [0.15, 0.2) is 194 Å². The zero-order valence-corrected chi connectivity index (χ0v) is 28.8. The highest BCUT2D eigenvalue weighted by atomic mass is 16.5. The molecule has 2 heterocycles. The summed E-state index contributed by atoms with van der Waals surface area (Å²) in [5.74, 6) is 1.77. The van der Waals surface area contributed by atoms with Crippen molar-refractivity contribution < 1.29 is 4.74 Å². The molecule has 0 radical (unpaired) electrons. The maximum Gasteiger partial charge on any atom is 0.135 e. The maximum atomic E-state index is 6.53. The van der Waals surface area contributed by atoms with Crippen molar-refractivity contribution in [3.63, 3.8) is 0 Å². The smallest absolute Gasteiger partial charge is 0.135 e. The van der Waals surface area contributed by atoms with Gasteiger partial charge in [0.2, 0.25) is 0 Å². The van der Waals surface area contributed by atoms with Crippen LogP contribution < -0.4 is 9.64 Å². The van der Waals surface area contributed by atoms with Gasteiger partial charge in [-0.25, -0.2) is 0 Å². The number of rotatable bonds is 5. The Labute approximate surface area is 307 Å². The van der Waals surface area contributed by atoms with Gasteiger partial charge in [-0.2, -0.15) is 0 Å². The van der Waals surface area contributed by atoms with Gasteiger partial charge >= 0.3 is 0 Å². The number of anilines is 3. The number of para-hydroxylation sites is 2. The summed E-state index contributed by atoms with van der Waals surface area (Å²) in [4.78, 5) is 2.41. The third-order valence-corrected chi connectivity index (χ3v) is 10.8. The Hall–Kier alpha value is -7.10. The quantitative estimate of drug-likeness (QED) is 0.181. The molecule has 1 aliphatic rings. The molecule has 0 spiro atoms. The van der Waals surface area contributed by atoms with Crippen molar-refractivity contribution >= 4 is 60.4 Å². The summed E-state index contributed by atoms with van der Waals surface area (Å²) in [6, 6.07) is 69.7. The lowest BCUT2D eigenvalue weighted by Crippen LogP contribution is -2.11. The standard InChI is InChI=1S/C50H32N2O/c1-3-12-33(13-4-1)34-22-25-37(26-23-34)51(44-31-28-41-40-18-9-10-20-47(40)53-48-21-11-19-42(44)50(41)48)38-27-30-45-43(32-38)49-39-17-8-7-14-35(39)24-29-46(49)52(45)36-15-5-2-6-16-36/h1-32H. The van der Waals surface area contributed by atoms with E-state index in [-0.39, 0.29) is 0 Å². The molecule has 248 valence electrons. The van der Waals surface area contributed by atoms with Crippen molar-refractivity contribution in [3.05, 3.63) is 194 Å². The van der Waals surface area contributed by atoms with E-state index in [4.69, 9.17) is 4.74 Å². The van der Waals surface area contributed by atoms with Crippen molar-refractivity contribution in [2.24, 2.45) is 0 Å². The number of benzene rings is 9. The van der Waals surface area contributed by atoms with E-state index in [1.807, 2.05) is 6.07 Å². The van der Waals surface area contributed by atoms with Crippen molar-refractivity contribution in [2.45, 2.75) is 0 Å². The molecule has 3 heteroatoms. The highest BCUT2D eigenvalue weighted by Crippen LogP contribution is 2.51. The zero-order valence-electron chi connectivity index (χ0n) is 28.8. The van der Waals surface area contributed by atoms with Crippen LogP contribution in [0.1, 0.15) is 0 Å². The minimum atomic E-state index is 0.880. The molecule has 10 aromatic rings. The van der Waals surface area contributed by atoms with Crippen LogP contribution in [0.2, 0.25) is 0 Å². The molecule has 0 fully saturated rings. The van der Waals surface area contributed by atoms with Crippen LogP contribution in [-0.4, -0.2) is 4.57 Å². The SMILES string of the molecule is c1ccc(-c2ccc(N(c3ccc4c(c3)c3c5ccccc5ccc3n4-c3ccccc3)c3ccc4c5c(cccc35)Oc3ccccc3-4)cc2)cc1. The first-order valence-corrected chi connectivity index (χ1v) is 18.1. The summed E-state index contributed by atoms with van der Waals surface area (Å²) in [6.07, 6.45) is 0. The van der Waals surface area contributed by atoms with E-state index < -0.39 is 0 Å². The Morgan fingerprint density at radius 2 is 1.08 bits per heavy atom. The van der Waals surface area contributed by atoms with Gasteiger partial charge in [-0.15, -0.1) is 0 Å². The van der Waals surface area contributed by atoms with E-state index in [2.05, 4.69) is 198 Å². The summed E-state index contributed by atoms with van der Waals surface area (Å²) in [5.41, 5.74) is 11.5. The van der Waals surface area contributed by atoms with Crippen molar-refractivity contribution in [2.75, 3.05) is 4.90 Å². The fraction of sp³-hybridized carbons (Fsp3) is 0. The molecule has 0 saturated carbocycles. The average Bonchev–Trinajstić information content (AvgIpc) is 3.57. The third-order valence-electron chi connectivity index (χ3n) is 10.8. The lowest BCUT2D eigenvalue weighted by Gasteiger charge is -2.29. The molecule has 0 atom stereocenters. The Balaban J connectivity index is 1.19. The Morgan fingerprint density at radius 3 is 1.94 bits per heavy atom. The molecular formula is C50H32N2O. The van der Waals surface area contributed by atoms with Crippen molar-refractivity contribution in [1.82, 2.24) is 4.57 Å². The molecular weight excluding hydrogens is 645 g/mol. The molecule has 3 nitrogen and oxygen atoms in total. The average molecular weight is 677 g/mol. The highest BCUT2D eigenvalue weighted by molar-refractivity contribution is 6.22. The zero-order chi connectivity index (χ0) is 34.9. The number of fused-ring (bicyclic) bond motifs is 7. The lowest BCUT2D eigenvalue weighted by atomic mass is 9.93. The van der Waals surface area contributed by atoms with Crippen LogP contribution in [0.3, 0.4) is 0 Å². The summed E-state index contributed by atoms with van der Waals surface area (Å²) >= 11 is 0. The summed E-state index contributed by atoms with van der Waals surface area (Å²) in [5, 5.41) is 7.21. The largest absolute Gasteiger partial charge is 0.456 e. The van der Waals surface area contributed by atoms with Gasteiger partial charge in [-0.3, -0.25) is 0 Å². The van der Waals surface area contributed by atoms with Gasteiger partial charge in [0.1, 0.15) is 11.5 Å². The highest BCUT2D eigenvalue weighted by Gasteiger charge is 2.25. The molecule has 0 N–H and O–H groups in total. The van der Waals surface area contributed by atoms with Gasteiger partial charge in [0, 0.05) is 44.2 Å². The van der Waals surface area contributed by atoms with E-state index in [1.165, 1.54) is 49.3 Å². The first-order chi connectivity index (χ1) is 26.3. The van der Waals surface area contributed by atoms with Crippen LogP contribution in [-0.2, 0) is 0 Å². The van der Waals surface area contributed by atoms with Gasteiger partial charge in [0.05, 0.1) is 16.7 Å². The number of hydrogen-bond acceptors (Lipinski definition) is 2. The fourth-order valence-electron chi connectivity index (χ4n) is 8.39. The second-order valence-corrected chi connectivity index (χ2v) is 13.7. The summed E-state index contributed by atoms with van der Waals surface area (Å²) in [7, 11) is 0.